The predicted octanol–water partition coefficient (Wildman–Crippen LogP) is 3.25. The number of methoxy groups -OCH3 is 1. The summed E-state index contributed by atoms with van der Waals surface area (Å²) in [4.78, 5) is 12.5. The van der Waals surface area contributed by atoms with Gasteiger partial charge in [-0.15, -0.1) is 0 Å². The van der Waals surface area contributed by atoms with Crippen LogP contribution in [-0.2, 0) is 16.6 Å². The lowest BCUT2D eigenvalue weighted by Gasteiger charge is -2.19. The molecule has 8 nitrogen and oxygen atoms in total. The minimum absolute atomic E-state index is 0.146. The number of aromatic nitrogens is 1. The summed E-state index contributed by atoms with van der Waals surface area (Å²) in [6.45, 7) is 1.52. The van der Waals surface area contributed by atoms with E-state index >= 15 is 0 Å². The first-order valence-corrected chi connectivity index (χ1v) is 11.8. The van der Waals surface area contributed by atoms with Gasteiger partial charge in [0.1, 0.15) is 6.61 Å². The van der Waals surface area contributed by atoms with Crippen molar-refractivity contribution in [3.05, 3.63) is 53.0 Å². The van der Waals surface area contributed by atoms with Crippen LogP contribution in [0.15, 0.2) is 56.6 Å². The van der Waals surface area contributed by atoms with Gasteiger partial charge in [-0.3, -0.25) is 4.57 Å². The van der Waals surface area contributed by atoms with E-state index in [0.29, 0.717) is 30.1 Å². The molecule has 0 amide bonds. The molecule has 0 bridgehead atoms. The first-order valence-electron chi connectivity index (χ1n) is 10.4. The van der Waals surface area contributed by atoms with E-state index in [2.05, 4.69) is 0 Å². The molecule has 2 aromatic carbocycles. The highest BCUT2D eigenvalue weighted by atomic mass is 32.2. The van der Waals surface area contributed by atoms with Crippen molar-refractivity contribution in [3.63, 3.8) is 0 Å². The number of hydrogen-bond donors (Lipinski definition) is 0. The summed E-state index contributed by atoms with van der Waals surface area (Å²) >= 11 is 0. The number of sulfonamides is 1. The molecule has 1 aromatic heterocycles. The second-order valence-corrected chi connectivity index (χ2v) is 9.40. The van der Waals surface area contributed by atoms with Crippen molar-refractivity contribution in [2.45, 2.75) is 37.1 Å². The van der Waals surface area contributed by atoms with Gasteiger partial charge in [0, 0.05) is 19.2 Å². The highest BCUT2D eigenvalue weighted by Crippen LogP contribution is 2.26. The van der Waals surface area contributed by atoms with Gasteiger partial charge in [0.25, 0.3) is 0 Å². The number of para-hydroxylation sites is 2. The summed E-state index contributed by atoms with van der Waals surface area (Å²) in [5.41, 5.74) is 0.779. The van der Waals surface area contributed by atoms with Gasteiger partial charge < -0.3 is 13.9 Å². The van der Waals surface area contributed by atoms with Crippen LogP contribution in [0.25, 0.3) is 11.1 Å². The van der Waals surface area contributed by atoms with E-state index in [-0.39, 0.29) is 23.6 Å². The van der Waals surface area contributed by atoms with Gasteiger partial charge in [0.2, 0.25) is 10.0 Å². The minimum atomic E-state index is -3.62. The average molecular weight is 447 g/mol. The molecule has 0 spiro atoms. The molecule has 1 saturated heterocycles. The van der Waals surface area contributed by atoms with Crippen molar-refractivity contribution in [3.8, 4) is 11.5 Å². The third-order valence-corrected chi connectivity index (χ3v) is 7.38. The molecule has 9 heteroatoms. The molecule has 0 atom stereocenters. The molecule has 1 fully saturated rings. The van der Waals surface area contributed by atoms with Crippen molar-refractivity contribution >= 4 is 21.1 Å². The molecule has 0 unspecified atom stereocenters. The Labute approximate surface area is 181 Å². The Morgan fingerprint density at radius 2 is 1.71 bits per heavy atom. The highest BCUT2D eigenvalue weighted by molar-refractivity contribution is 7.89. The molecule has 1 aliphatic rings. The smallest absolute Gasteiger partial charge is 0.420 e. The lowest BCUT2D eigenvalue weighted by Crippen LogP contribution is -2.31. The largest absolute Gasteiger partial charge is 0.493 e. The van der Waals surface area contributed by atoms with Crippen molar-refractivity contribution in [2.24, 2.45) is 0 Å². The number of ether oxygens (including phenoxy) is 2. The normalized spacial score (nSPS) is 15.6. The van der Waals surface area contributed by atoms with Crippen LogP contribution in [0.2, 0.25) is 0 Å². The maximum Gasteiger partial charge on any atom is 0.420 e. The average Bonchev–Trinajstić information content (AvgIpc) is 2.94. The first-order chi connectivity index (χ1) is 15.0. The van der Waals surface area contributed by atoms with Gasteiger partial charge in [-0.1, -0.05) is 25.0 Å². The fraction of sp³-hybridized carbons (Fsp3) is 0.409. The van der Waals surface area contributed by atoms with Gasteiger partial charge in [-0.2, -0.15) is 4.31 Å². The van der Waals surface area contributed by atoms with E-state index in [1.54, 1.807) is 25.3 Å². The van der Waals surface area contributed by atoms with Gasteiger partial charge in [0.05, 0.1) is 24.1 Å². The summed E-state index contributed by atoms with van der Waals surface area (Å²) in [5, 5.41) is 0. The first kappa shape index (κ1) is 21.5. The minimum Gasteiger partial charge on any atom is -0.493 e. The van der Waals surface area contributed by atoms with Crippen LogP contribution < -0.4 is 15.2 Å². The van der Waals surface area contributed by atoms with Gasteiger partial charge in [-0.05, 0) is 37.1 Å². The Morgan fingerprint density at radius 3 is 2.42 bits per heavy atom. The van der Waals surface area contributed by atoms with Crippen LogP contribution >= 0.6 is 0 Å². The van der Waals surface area contributed by atoms with E-state index < -0.39 is 15.8 Å². The monoisotopic (exact) mass is 446 g/mol. The van der Waals surface area contributed by atoms with E-state index in [1.807, 2.05) is 12.1 Å². The van der Waals surface area contributed by atoms with Crippen LogP contribution in [-0.4, -0.2) is 44.1 Å². The number of fused-ring (bicyclic) bond motifs is 1. The fourth-order valence-electron chi connectivity index (χ4n) is 3.83. The summed E-state index contributed by atoms with van der Waals surface area (Å²) in [6, 6.07) is 11.9. The van der Waals surface area contributed by atoms with Crippen LogP contribution in [0.3, 0.4) is 0 Å². The van der Waals surface area contributed by atoms with Crippen molar-refractivity contribution in [1.82, 2.24) is 8.87 Å². The summed E-state index contributed by atoms with van der Waals surface area (Å²) in [7, 11) is -2.05. The number of nitrogens with zero attached hydrogens (tertiary/aromatic N) is 2. The van der Waals surface area contributed by atoms with E-state index in [4.69, 9.17) is 13.9 Å². The lowest BCUT2D eigenvalue weighted by atomic mass is 10.2. The molecular weight excluding hydrogens is 420 g/mol. The molecule has 4 rings (SSSR count). The molecular formula is C22H26N2O6S. The highest BCUT2D eigenvalue weighted by Gasteiger charge is 2.26. The molecule has 31 heavy (non-hydrogen) atoms. The number of benzene rings is 2. The number of rotatable bonds is 7. The molecule has 2 heterocycles. The summed E-state index contributed by atoms with van der Waals surface area (Å²) in [5.74, 6) is 0.634. The fourth-order valence-corrected chi connectivity index (χ4v) is 5.37. The SMILES string of the molecule is COc1ccccc1OCCn1c(=O)oc2cc(S(=O)(=O)N3CCCCCC3)ccc21. The second kappa shape index (κ2) is 9.15. The Hall–Kier alpha value is -2.78. The molecule has 0 aliphatic carbocycles. The Morgan fingerprint density at radius 1 is 1.00 bits per heavy atom. The summed E-state index contributed by atoms with van der Waals surface area (Å²) < 4.78 is 45.4. The number of hydrogen-bond acceptors (Lipinski definition) is 6. The number of oxazole rings is 1. The van der Waals surface area contributed by atoms with Crippen LogP contribution in [0, 0.1) is 0 Å². The lowest BCUT2D eigenvalue weighted by molar-refractivity contribution is 0.277. The van der Waals surface area contributed by atoms with Crippen molar-refractivity contribution < 1.29 is 22.3 Å². The Balaban J connectivity index is 1.54. The Kier molecular flexibility index (Phi) is 6.33. The summed E-state index contributed by atoms with van der Waals surface area (Å²) in [6.07, 6.45) is 3.80. The van der Waals surface area contributed by atoms with E-state index in [1.165, 1.54) is 21.0 Å². The predicted molar refractivity (Wildman–Crippen MR) is 116 cm³/mol. The third kappa shape index (κ3) is 4.47. The van der Waals surface area contributed by atoms with E-state index in [0.717, 1.165) is 25.7 Å². The van der Waals surface area contributed by atoms with Crippen LogP contribution in [0.5, 0.6) is 11.5 Å². The molecule has 3 aromatic rings. The van der Waals surface area contributed by atoms with Crippen LogP contribution in [0.1, 0.15) is 25.7 Å². The van der Waals surface area contributed by atoms with Gasteiger partial charge in [0.15, 0.2) is 17.1 Å². The zero-order valence-electron chi connectivity index (χ0n) is 17.5. The topological polar surface area (TPSA) is 91.0 Å². The quantitative estimate of drug-likeness (QED) is 0.553. The van der Waals surface area contributed by atoms with Crippen LogP contribution in [0.4, 0.5) is 0 Å². The zero-order valence-corrected chi connectivity index (χ0v) is 18.3. The van der Waals surface area contributed by atoms with Gasteiger partial charge in [-0.25, -0.2) is 13.2 Å². The Bertz CT molecular complexity index is 1210. The van der Waals surface area contributed by atoms with Crippen molar-refractivity contribution in [2.75, 3.05) is 26.8 Å². The second-order valence-electron chi connectivity index (χ2n) is 7.47. The molecule has 0 N–H and O–H groups in total. The molecule has 1 aliphatic heterocycles. The standard InChI is InChI=1S/C22H26N2O6S/c1-28-19-8-4-5-9-20(19)29-15-14-24-18-11-10-17(16-21(18)30-22(24)25)31(26,27)23-12-6-2-3-7-13-23/h4-5,8-11,16H,2-3,6-7,12-15H2,1H3. The molecule has 0 saturated carbocycles. The zero-order chi connectivity index (χ0) is 21.8. The maximum absolute atomic E-state index is 13.0. The van der Waals surface area contributed by atoms with Gasteiger partial charge >= 0.3 is 5.76 Å². The third-order valence-electron chi connectivity index (χ3n) is 5.48. The maximum atomic E-state index is 13.0. The molecule has 166 valence electrons. The van der Waals surface area contributed by atoms with Crippen molar-refractivity contribution in [1.29, 1.82) is 0 Å². The molecule has 0 radical (unpaired) electrons. The van der Waals surface area contributed by atoms with E-state index in [9.17, 15) is 13.2 Å².